The summed E-state index contributed by atoms with van der Waals surface area (Å²) >= 11 is 0. The van der Waals surface area contributed by atoms with E-state index in [1.165, 1.54) is 48.8 Å². The average Bonchev–Trinajstić information content (AvgIpc) is 3.55. The molecular weight excluding hydrogens is 586 g/mol. The van der Waals surface area contributed by atoms with Gasteiger partial charge in [-0.25, -0.2) is 18.0 Å². The molecule has 6 rings (SSSR count). The van der Waals surface area contributed by atoms with Crippen LogP contribution in [0.2, 0.25) is 0 Å². The normalized spacial score (nSPS) is 14.3. The van der Waals surface area contributed by atoms with E-state index in [1.54, 1.807) is 24.3 Å². The van der Waals surface area contributed by atoms with Crippen LogP contribution in [0.1, 0.15) is 65.3 Å². The quantitative estimate of drug-likeness (QED) is 0.250. The van der Waals surface area contributed by atoms with Gasteiger partial charge in [-0.1, -0.05) is 25.3 Å². The Hall–Kier alpha value is -5.02. The third-order valence-corrected chi connectivity index (χ3v) is 9.18. The minimum absolute atomic E-state index is 0.00985. The summed E-state index contributed by atoms with van der Waals surface area (Å²) in [5.74, 6) is -2.76. The van der Waals surface area contributed by atoms with Crippen molar-refractivity contribution >= 4 is 33.5 Å². The maximum Gasteiger partial charge on any atom is 0.276 e. The van der Waals surface area contributed by atoms with Crippen LogP contribution in [0.15, 0.2) is 83.0 Å². The predicted octanol–water partition coefficient (Wildman–Crippen LogP) is 5.74. The minimum atomic E-state index is -2.19. The molecule has 0 saturated heterocycles. The lowest BCUT2D eigenvalue weighted by Gasteiger charge is -2.24. The van der Waals surface area contributed by atoms with E-state index in [9.17, 15) is 27.8 Å². The Balaban J connectivity index is 1.38. The number of carbonyl (C=O) groups is 1. The number of amides is 1. The summed E-state index contributed by atoms with van der Waals surface area (Å²) in [6, 6.07) is 15.0. The number of hydrogen-bond donors (Lipinski definition) is 1. The number of aromatic nitrogens is 4. The molecule has 3 heterocycles. The highest BCUT2D eigenvalue weighted by atomic mass is 32.2. The van der Waals surface area contributed by atoms with Gasteiger partial charge < -0.3 is 9.88 Å². The summed E-state index contributed by atoms with van der Waals surface area (Å²) in [6.07, 6.45) is 10.4. The summed E-state index contributed by atoms with van der Waals surface area (Å²) < 4.78 is 42.8. The first-order chi connectivity index (χ1) is 21.3. The SMILES string of the molecule is N#Cc1cc(S(=O)n2cccc2C(=O)N(Cc2ccc(C3CCCCC3)cn2)c2ccc3c(=O)[nH]cnc3c2)cc(F)c1F. The van der Waals surface area contributed by atoms with E-state index in [0.717, 1.165) is 34.5 Å². The first kappa shape index (κ1) is 29.1. The molecule has 0 radical (unpaired) electrons. The van der Waals surface area contributed by atoms with Gasteiger partial charge in [0.05, 0.1) is 39.9 Å². The highest BCUT2D eigenvalue weighted by Gasteiger charge is 2.26. The molecule has 2 aromatic carbocycles. The van der Waals surface area contributed by atoms with Crippen LogP contribution < -0.4 is 10.5 Å². The summed E-state index contributed by atoms with van der Waals surface area (Å²) in [6.45, 7) is 0.0417. The molecule has 1 saturated carbocycles. The van der Waals surface area contributed by atoms with Gasteiger partial charge in [-0.05, 0) is 72.9 Å². The summed E-state index contributed by atoms with van der Waals surface area (Å²) in [7, 11) is -2.19. The number of H-pyrrole nitrogens is 1. The van der Waals surface area contributed by atoms with Crippen molar-refractivity contribution in [2.24, 2.45) is 0 Å². The molecule has 0 aliphatic heterocycles. The standard InChI is InChI=1S/C32H26F2N6O3S/c33-27-15-25(13-22(16-35)30(27)34)44(43)40-12-4-7-29(40)32(42)39(24-10-11-26-28(14-24)37-19-38-31(26)41)18-23-9-8-21(17-36-23)20-5-2-1-3-6-20/h4,7-15,17,19-20H,1-3,5-6,18H2,(H,37,38,41). The molecule has 44 heavy (non-hydrogen) atoms. The molecule has 1 aliphatic carbocycles. The topological polar surface area (TPSA) is 125 Å². The molecule has 12 heteroatoms. The van der Waals surface area contributed by atoms with Crippen molar-refractivity contribution in [1.29, 1.82) is 5.26 Å². The Labute approximate surface area is 253 Å². The van der Waals surface area contributed by atoms with Gasteiger partial charge in [-0.3, -0.25) is 18.5 Å². The van der Waals surface area contributed by atoms with Gasteiger partial charge in [-0.15, -0.1) is 0 Å². The van der Waals surface area contributed by atoms with Crippen molar-refractivity contribution in [2.75, 3.05) is 4.90 Å². The Morgan fingerprint density at radius 3 is 2.66 bits per heavy atom. The number of nitrogens with one attached hydrogen (secondary N) is 1. The van der Waals surface area contributed by atoms with Crippen LogP contribution >= 0.6 is 0 Å². The van der Waals surface area contributed by atoms with Crippen molar-refractivity contribution < 1.29 is 17.8 Å². The lowest BCUT2D eigenvalue weighted by molar-refractivity contribution is 0.0979. The zero-order valence-electron chi connectivity index (χ0n) is 23.4. The molecule has 5 aromatic rings. The van der Waals surface area contributed by atoms with E-state index < -0.39 is 34.1 Å². The van der Waals surface area contributed by atoms with E-state index in [4.69, 9.17) is 0 Å². The molecule has 0 bridgehead atoms. The van der Waals surface area contributed by atoms with Crippen LogP contribution in [0.5, 0.6) is 0 Å². The van der Waals surface area contributed by atoms with Gasteiger partial charge in [0.15, 0.2) is 22.6 Å². The molecule has 222 valence electrons. The molecule has 1 fully saturated rings. The molecule has 1 amide bonds. The molecule has 1 N–H and O–H groups in total. The minimum Gasteiger partial charge on any atom is -0.313 e. The van der Waals surface area contributed by atoms with E-state index in [2.05, 4.69) is 15.0 Å². The van der Waals surface area contributed by atoms with Crippen LogP contribution in [0, 0.1) is 23.0 Å². The molecule has 3 aromatic heterocycles. The van der Waals surface area contributed by atoms with Crippen molar-refractivity contribution in [3.05, 3.63) is 118 Å². The van der Waals surface area contributed by atoms with Crippen molar-refractivity contribution in [3.8, 4) is 6.07 Å². The van der Waals surface area contributed by atoms with Crippen molar-refractivity contribution in [3.63, 3.8) is 0 Å². The number of fused-ring (bicyclic) bond motifs is 1. The second kappa shape index (κ2) is 12.3. The number of halogens is 2. The molecule has 1 atom stereocenters. The third kappa shape index (κ3) is 5.66. The number of hydrogen-bond acceptors (Lipinski definition) is 6. The van der Waals surface area contributed by atoms with Crippen LogP contribution in [0.25, 0.3) is 10.9 Å². The van der Waals surface area contributed by atoms with Gasteiger partial charge in [-0.2, -0.15) is 5.26 Å². The van der Waals surface area contributed by atoms with Crippen LogP contribution in [0.3, 0.4) is 0 Å². The number of benzene rings is 2. The van der Waals surface area contributed by atoms with E-state index in [1.807, 2.05) is 18.3 Å². The zero-order valence-corrected chi connectivity index (χ0v) is 24.2. The monoisotopic (exact) mass is 612 g/mol. The van der Waals surface area contributed by atoms with E-state index in [0.29, 0.717) is 28.2 Å². The van der Waals surface area contributed by atoms with Crippen LogP contribution in [-0.2, 0) is 17.5 Å². The summed E-state index contributed by atoms with van der Waals surface area (Å²) in [5, 5.41) is 9.53. The summed E-state index contributed by atoms with van der Waals surface area (Å²) in [5.41, 5.74) is 1.61. The van der Waals surface area contributed by atoms with Crippen LogP contribution in [0.4, 0.5) is 14.5 Å². The molecular formula is C32H26F2N6O3S. The first-order valence-electron chi connectivity index (χ1n) is 14.1. The molecule has 1 unspecified atom stereocenters. The lowest BCUT2D eigenvalue weighted by atomic mass is 9.85. The van der Waals surface area contributed by atoms with Gasteiger partial charge >= 0.3 is 0 Å². The number of rotatable bonds is 7. The summed E-state index contributed by atoms with van der Waals surface area (Å²) in [4.78, 5) is 39.2. The fourth-order valence-corrected chi connectivity index (χ4v) is 6.70. The average molecular weight is 613 g/mol. The Morgan fingerprint density at radius 2 is 1.91 bits per heavy atom. The molecule has 9 nitrogen and oxygen atoms in total. The van der Waals surface area contributed by atoms with E-state index in [-0.39, 0.29) is 22.7 Å². The second-order valence-corrected chi connectivity index (χ2v) is 12.0. The number of aromatic amines is 1. The largest absolute Gasteiger partial charge is 0.313 e. The number of carbonyl (C=O) groups excluding carboxylic acids is 1. The fraction of sp³-hybridized carbons (Fsp3) is 0.219. The number of nitriles is 1. The second-order valence-electron chi connectivity index (χ2n) is 10.6. The smallest absolute Gasteiger partial charge is 0.276 e. The number of anilines is 1. The first-order valence-corrected chi connectivity index (χ1v) is 15.2. The molecule has 1 aliphatic rings. The lowest BCUT2D eigenvalue weighted by Crippen LogP contribution is -2.33. The fourth-order valence-electron chi connectivity index (χ4n) is 5.55. The number of pyridine rings is 1. The van der Waals surface area contributed by atoms with Gasteiger partial charge in [0, 0.05) is 18.1 Å². The van der Waals surface area contributed by atoms with Gasteiger partial charge in [0.2, 0.25) is 0 Å². The molecule has 0 spiro atoms. The Morgan fingerprint density at radius 1 is 1.09 bits per heavy atom. The van der Waals surface area contributed by atoms with Gasteiger partial charge in [0.1, 0.15) is 11.8 Å². The third-order valence-electron chi connectivity index (χ3n) is 7.86. The number of nitrogens with zero attached hydrogens (tertiary/aromatic N) is 5. The zero-order chi connectivity index (χ0) is 30.8. The Kier molecular flexibility index (Phi) is 8.13. The highest BCUT2D eigenvalue weighted by Crippen LogP contribution is 2.32. The van der Waals surface area contributed by atoms with Crippen molar-refractivity contribution in [2.45, 2.75) is 49.5 Å². The van der Waals surface area contributed by atoms with Crippen molar-refractivity contribution in [1.82, 2.24) is 18.9 Å². The maximum absolute atomic E-state index is 14.2. The van der Waals surface area contributed by atoms with E-state index >= 15 is 0 Å². The van der Waals surface area contributed by atoms with Gasteiger partial charge in [0.25, 0.3) is 11.5 Å². The maximum atomic E-state index is 14.2. The Bertz CT molecular complexity index is 1990. The highest BCUT2D eigenvalue weighted by molar-refractivity contribution is 7.83. The predicted molar refractivity (Wildman–Crippen MR) is 160 cm³/mol. The van der Waals surface area contributed by atoms with Crippen LogP contribution in [-0.4, -0.2) is 29.0 Å².